The number of piperidine rings is 1. The lowest BCUT2D eigenvalue weighted by Gasteiger charge is -2.31. The SMILES string of the molecule is COC(=O)c1sccc1S(=O)(=O)N1CCC(Oc2cc(C)oc(=O)c2)CC1. The minimum atomic E-state index is -3.79. The lowest BCUT2D eigenvalue weighted by molar-refractivity contribution is 0.0602. The molecule has 3 heterocycles. The van der Waals surface area contributed by atoms with E-state index in [1.807, 2.05) is 0 Å². The highest BCUT2D eigenvalue weighted by Crippen LogP contribution is 2.28. The second-order valence-corrected chi connectivity index (χ2v) is 8.87. The molecule has 0 amide bonds. The van der Waals surface area contributed by atoms with E-state index >= 15 is 0 Å². The van der Waals surface area contributed by atoms with E-state index in [9.17, 15) is 18.0 Å². The van der Waals surface area contributed by atoms with E-state index in [2.05, 4.69) is 4.74 Å². The highest BCUT2D eigenvalue weighted by atomic mass is 32.2. The molecule has 0 bridgehead atoms. The van der Waals surface area contributed by atoms with Crippen LogP contribution in [0.1, 0.15) is 28.3 Å². The van der Waals surface area contributed by atoms with Crippen molar-refractivity contribution >= 4 is 27.3 Å². The first-order chi connectivity index (χ1) is 12.8. The fourth-order valence-corrected chi connectivity index (χ4v) is 5.69. The standard InChI is InChI=1S/C17H19NO7S2/c1-11-9-13(10-15(19)24-11)25-12-3-6-18(7-4-12)27(21,22)14-5-8-26-16(14)17(20)23-2/h5,8-10,12H,3-4,6-7H2,1-2H3. The van der Waals surface area contributed by atoms with Gasteiger partial charge in [-0.1, -0.05) is 0 Å². The fraction of sp³-hybridized carbons (Fsp3) is 0.412. The number of methoxy groups -OCH3 is 1. The van der Waals surface area contributed by atoms with Crippen LogP contribution >= 0.6 is 11.3 Å². The molecular weight excluding hydrogens is 394 g/mol. The normalized spacial score (nSPS) is 16.2. The van der Waals surface area contributed by atoms with Crippen molar-refractivity contribution in [2.45, 2.75) is 30.8 Å². The van der Waals surface area contributed by atoms with Crippen molar-refractivity contribution < 1.29 is 27.1 Å². The molecule has 146 valence electrons. The van der Waals surface area contributed by atoms with Gasteiger partial charge in [-0.05, 0) is 31.2 Å². The van der Waals surface area contributed by atoms with Gasteiger partial charge in [0.1, 0.15) is 27.4 Å². The summed E-state index contributed by atoms with van der Waals surface area (Å²) < 4.78 is 42.4. The number of aryl methyl sites for hydroxylation is 1. The Kier molecular flexibility index (Phi) is 5.68. The Hall–Kier alpha value is -2.17. The molecule has 0 spiro atoms. The van der Waals surface area contributed by atoms with Crippen LogP contribution in [0.4, 0.5) is 0 Å². The van der Waals surface area contributed by atoms with E-state index in [4.69, 9.17) is 9.15 Å². The Bertz CT molecular complexity index is 985. The number of thiophene rings is 1. The fourth-order valence-electron chi connectivity index (χ4n) is 2.91. The van der Waals surface area contributed by atoms with Crippen molar-refractivity contribution in [2.24, 2.45) is 0 Å². The van der Waals surface area contributed by atoms with Crippen molar-refractivity contribution in [2.75, 3.05) is 20.2 Å². The van der Waals surface area contributed by atoms with Gasteiger partial charge in [-0.15, -0.1) is 11.3 Å². The summed E-state index contributed by atoms with van der Waals surface area (Å²) in [4.78, 5) is 23.2. The van der Waals surface area contributed by atoms with Gasteiger partial charge in [0, 0.05) is 19.2 Å². The summed E-state index contributed by atoms with van der Waals surface area (Å²) in [5, 5.41) is 1.55. The van der Waals surface area contributed by atoms with E-state index in [-0.39, 0.29) is 29.0 Å². The van der Waals surface area contributed by atoms with Crippen LogP contribution in [0.2, 0.25) is 0 Å². The summed E-state index contributed by atoms with van der Waals surface area (Å²) in [6.45, 7) is 2.16. The van der Waals surface area contributed by atoms with E-state index in [0.717, 1.165) is 11.3 Å². The molecular formula is C17H19NO7S2. The van der Waals surface area contributed by atoms with Crippen LogP contribution in [-0.2, 0) is 14.8 Å². The molecule has 3 rings (SSSR count). The third kappa shape index (κ3) is 4.23. The van der Waals surface area contributed by atoms with Gasteiger partial charge in [0.05, 0.1) is 13.2 Å². The van der Waals surface area contributed by atoms with Gasteiger partial charge in [0.15, 0.2) is 0 Å². The van der Waals surface area contributed by atoms with Crippen LogP contribution in [0, 0.1) is 6.92 Å². The number of ether oxygens (including phenoxy) is 2. The molecule has 2 aromatic heterocycles. The topological polar surface area (TPSA) is 103 Å². The zero-order valence-corrected chi connectivity index (χ0v) is 16.5. The monoisotopic (exact) mass is 413 g/mol. The first-order valence-electron chi connectivity index (χ1n) is 8.25. The number of esters is 1. The van der Waals surface area contributed by atoms with Gasteiger partial charge in [0.2, 0.25) is 10.0 Å². The molecule has 1 aliphatic heterocycles. The Morgan fingerprint density at radius 2 is 2.00 bits per heavy atom. The van der Waals surface area contributed by atoms with Gasteiger partial charge in [0.25, 0.3) is 0 Å². The highest BCUT2D eigenvalue weighted by molar-refractivity contribution is 7.89. The summed E-state index contributed by atoms with van der Waals surface area (Å²) in [6.07, 6.45) is 0.729. The van der Waals surface area contributed by atoms with Crippen LogP contribution < -0.4 is 10.4 Å². The summed E-state index contributed by atoms with van der Waals surface area (Å²) in [5.41, 5.74) is -0.488. The summed E-state index contributed by atoms with van der Waals surface area (Å²) >= 11 is 1.03. The van der Waals surface area contributed by atoms with E-state index in [0.29, 0.717) is 24.4 Å². The minimum Gasteiger partial charge on any atom is -0.490 e. The molecule has 1 fully saturated rings. The van der Waals surface area contributed by atoms with Crippen molar-refractivity contribution in [3.05, 3.63) is 44.6 Å². The number of rotatable bonds is 5. The van der Waals surface area contributed by atoms with E-state index in [1.54, 1.807) is 18.4 Å². The molecule has 27 heavy (non-hydrogen) atoms. The van der Waals surface area contributed by atoms with E-state index in [1.165, 1.54) is 23.5 Å². The van der Waals surface area contributed by atoms with Crippen LogP contribution in [0.3, 0.4) is 0 Å². The predicted octanol–water partition coefficient (Wildman–Crippen LogP) is 2.03. The Balaban J connectivity index is 1.69. The zero-order chi connectivity index (χ0) is 19.6. The maximum atomic E-state index is 12.9. The first-order valence-corrected chi connectivity index (χ1v) is 10.6. The average Bonchev–Trinajstić information content (AvgIpc) is 3.11. The number of carbonyl (C=O) groups is 1. The van der Waals surface area contributed by atoms with Gasteiger partial charge < -0.3 is 13.9 Å². The lowest BCUT2D eigenvalue weighted by Crippen LogP contribution is -2.42. The van der Waals surface area contributed by atoms with E-state index < -0.39 is 21.6 Å². The van der Waals surface area contributed by atoms with Gasteiger partial charge in [-0.3, -0.25) is 0 Å². The lowest BCUT2D eigenvalue weighted by atomic mass is 10.1. The van der Waals surface area contributed by atoms with Gasteiger partial charge in [-0.2, -0.15) is 4.31 Å². The molecule has 8 nitrogen and oxygen atoms in total. The number of carbonyl (C=O) groups excluding carboxylic acids is 1. The molecule has 0 radical (unpaired) electrons. The smallest absolute Gasteiger partial charge is 0.349 e. The Labute approximate surface area is 160 Å². The van der Waals surface area contributed by atoms with Crippen molar-refractivity contribution in [3.63, 3.8) is 0 Å². The van der Waals surface area contributed by atoms with Crippen molar-refractivity contribution in [3.8, 4) is 5.75 Å². The molecule has 0 atom stereocenters. The predicted molar refractivity (Wildman–Crippen MR) is 97.8 cm³/mol. The van der Waals surface area contributed by atoms with Crippen LogP contribution in [-0.4, -0.2) is 45.0 Å². The quantitative estimate of drug-likeness (QED) is 0.691. The number of hydrogen-bond donors (Lipinski definition) is 0. The van der Waals surface area contributed by atoms with Crippen LogP contribution in [0.5, 0.6) is 5.75 Å². The van der Waals surface area contributed by atoms with Crippen LogP contribution in [0.15, 0.2) is 37.7 Å². The second kappa shape index (κ2) is 7.83. The molecule has 2 aromatic rings. The number of hydrogen-bond acceptors (Lipinski definition) is 8. The Morgan fingerprint density at radius 3 is 2.63 bits per heavy atom. The van der Waals surface area contributed by atoms with Crippen molar-refractivity contribution in [1.82, 2.24) is 4.31 Å². The molecule has 1 aliphatic rings. The van der Waals surface area contributed by atoms with Crippen molar-refractivity contribution in [1.29, 1.82) is 0 Å². The average molecular weight is 413 g/mol. The number of sulfonamides is 1. The summed E-state index contributed by atoms with van der Waals surface area (Å²) in [7, 11) is -2.58. The molecule has 10 heteroatoms. The van der Waals surface area contributed by atoms with Gasteiger partial charge in [-0.25, -0.2) is 18.0 Å². The molecule has 0 aliphatic carbocycles. The zero-order valence-electron chi connectivity index (χ0n) is 14.8. The third-order valence-corrected chi connectivity index (χ3v) is 7.15. The minimum absolute atomic E-state index is 0.0324. The molecule has 0 unspecified atom stereocenters. The highest BCUT2D eigenvalue weighted by Gasteiger charge is 2.34. The molecule has 0 N–H and O–H groups in total. The third-order valence-electron chi connectivity index (χ3n) is 4.19. The second-order valence-electron chi connectivity index (χ2n) is 6.05. The summed E-state index contributed by atoms with van der Waals surface area (Å²) in [5.74, 6) is 0.196. The maximum Gasteiger partial charge on any atom is 0.349 e. The summed E-state index contributed by atoms with van der Waals surface area (Å²) in [6, 6.07) is 4.31. The molecule has 1 saturated heterocycles. The number of nitrogens with zero attached hydrogens (tertiary/aromatic N) is 1. The Morgan fingerprint density at radius 1 is 1.30 bits per heavy atom. The largest absolute Gasteiger partial charge is 0.490 e. The first kappa shape index (κ1) is 19.6. The van der Waals surface area contributed by atoms with Gasteiger partial charge >= 0.3 is 11.6 Å². The molecule has 0 saturated carbocycles. The van der Waals surface area contributed by atoms with Crippen LogP contribution in [0.25, 0.3) is 0 Å². The molecule has 0 aromatic carbocycles. The maximum absolute atomic E-state index is 12.9.